The molecule has 1 atom stereocenters. The average Bonchev–Trinajstić information content (AvgIpc) is 2.97. The van der Waals surface area contributed by atoms with Gasteiger partial charge in [-0.2, -0.15) is 5.26 Å². The Labute approximate surface area is 167 Å². The van der Waals surface area contributed by atoms with Crippen molar-refractivity contribution in [3.8, 4) is 6.07 Å². The highest BCUT2D eigenvalue weighted by molar-refractivity contribution is 7.18. The van der Waals surface area contributed by atoms with E-state index in [0.717, 1.165) is 33.7 Å². The average molecular weight is 398 g/mol. The van der Waals surface area contributed by atoms with Gasteiger partial charge < -0.3 is 4.98 Å². The predicted molar refractivity (Wildman–Crippen MR) is 113 cm³/mol. The molecule has 0 fully saturated rings. The van der Waals surface area contributed by atoms with Gasteiger partial charge in [0.1, 0.15) is 4.83 Å². The molecule has 27 heavy (non-hydrogen) atoms. The number of halogens is 1. The Kier molecular flexibility index (Phi) is 5.79. The standard InChI is InChI=1S/C21H20ClN3OS/c1-4-12(2)9-16-13(3)27-21-18(16)20(26)24-19(25-21)17(22)10-14-5-7-15(11-23)8-6-14/h5-8,10,12H,4,9H2,1-3H3,(H,24,25,26)/b17-10-/t12-/m0/s1. The third-order valence-electron chi connectivity index (χ3n) is 4.67. The smallest absolute Gasteiger partial charge is 0.260 e. The SMILES string of the molecule is CC[C@H](C)Cc1c(C)sc2nc(/C(Cl)=C/c3ccc(C#N)cc3)[nH]c(=O)c12. The summed E-state index contributed by atoms with van der Waals surface area (Å²) in [7, 11) is 0. The maximum Gasteiger partial charge on any atom is 0.260 e. The molecule has 6 heteroatoms. The summed E-state index contributed by atoms with van der Waals surface area (Å²) in [6.45, 7) is 6.39. The lowest BCUT2D eigenvalue weighted by Crippen LogP contribution is -2.12. The van der Waals surface area contributed by atoms with Gasteiger partial charge in [-0.05, 0) is 48.6 Å². The summed E-state index contributed by atoms with van der Waals surface area (Å²) >= 11 is 7.94. The Morgan fingerprint density at radius 2 is 2.11 bits per heavy atom. The van der Waals surface area contributed by atoms with Gasteiger partial charge in [0, 0.05) is 4.88 Å². The summed E-state index contributed by atoms with van der Waals surface area (Å²) in [5.74, 6) is 0.871. The van der Waals surface area contributed by atoms with E-state index in [0.29, 0.717) is 27.7 Å². The number of hydrogen-bond donors (Lipinski definition) is 1. The molecule has 0 aliphatic rings. The fraction of sp³-hybridized carbons (Fsp3) is 0.286. The van der Waals surface area contributed by atoms with Crippen LogP contribution in [0.15, 0.2) is 29.1 Å². The molecule has 0 radical (unpaired) electrons. The molecule has 0 unspecified atom stereocenters. The number of H-pyrrole nitrogens is 1. The van der Waals surface area contributed by atoms with Crippen LogP contribution in [0.25, 0.3) is 21.3 Å². The Bertz CT molecular complexity index is 1100. The summed E-state index contributed by atoms with van der Waals surface area (Å²) in [6, 6.07) is 9.13. The van der Waals surface area contributed by atoms with Crippen LogP contribution in [0.3, 0.4) is 0 Å². The van der Waals surface area contributed by atoms with Crippen LogP contribution in [0.2, 0.25) is 0 Å². The van der Waals surface area contributed by atoms with Crippen LogP contribution in [-0.2, 0) is 6.42 Å². The number of hydrogen-bond acceptors (Lipinski definition) is 4. The van der Waals surface area contributed by atoms with E-state index in [1.54, 1.807) is 30.3 Å². The first-order valence-corrected chi connectivity index (χ1v) is 10.0. The summed E-state index contributed by atoms with van der Waals surface area (Å²) in [5.41, 5.74) is 2.36. The van der Waals surface area contributed by atoms with Gasteiger partial charge in [-0.15, -0.1) is 11.3 Å². The first kappa shape index (κ1) is 19.3. The maximum atomic E-state index is 12.7. The number of nitriles is 1. The second kappa shape index (κ2) is 8.08. The molecule has 4 nitrogen and oxygen atoms in total. The van der Waals surface area contributed by atoms with Crippen molar-refractivity contribution in [2.75, 3.05) is 0 Å². The number of rotatable bonds is 5. The van der Waals surface area contributed by atoms with Crippen LogP contribution in [0.1, 0.15) is 47.7 Å². The minimum Gasteiger partial charge on any atom is -0.305 e. The first-order valence-electron chi connectivity index (χ1n) is 8.83. The molecule has 0 amide bonds. The predicted octanol–water partition coefficient (Wildman–Crippen LogP) is 5.49. The van der Waals surface area contributed by atoms with Crippen LogP contribution < -0.4 is 5.56 Å². The highest BCUT2D eigenvalue weighted by Crippen LogP contribution is 2.30. The molecular weight excluding hydrogens is 378 g/mol. The van der Waals surface area contributed by atoms with Crippen molar-refractivity contribution in [1.82, 2.24) is 9.97 Å². The van der Waals surface area contributed by atoms with E-state index >= 15 is 0 Å². The number of aromatic nitrogens is 2. The fourth-order valence-corrected chi connectivity index (χ4v) is 4.16. The van der Waals surface area contributed by atoms with Crippen molar-refractivity contribution in [3.05, 3.63) is 62.0 Å². The fourth-order valence-electron chi connectivity index (χ4n) is 2.90. The molecule has 3 rings (SSSR count). The highest BCUT2D eigenvalue weighted by Gasteiger charge is 2.17. The molecule has 1 N–H and O–H groups in total. The number of benzene rings is 1. The minimum absolute atomic E-state index is 0.149. The summed E-state index contributed by atoms with van der Waals surface area (Å²) in [4.78, 5) is 22.0. The normalized spacial score (nSPS) is 12.9. The third kappa shape index (κ3) is 4.13. The van der Waals surface area contributed by atoms with Gasteiger partial charge in [0.25, 0.3) is 5.56 Å². The van der Waals surface area contributed by atoms with Crippen molar-refractivity contribution in [2.45, 2.75) is 33.6 Å². The van der Waals surface area contributed by atoms with Crippen LogP contribution >= 0.6 is 22.9 Å². The van der Waals surface area contributed by atoms with Gasteiger partial charge in [-0.1, -0.05) is 44.0 Å². The number of nitrogens with one attached hydrogen (secondary N) is 1. The zero-order valence-corrected chi connectivity index (χ0v) is 17.0. The lowest BCUT2D eigenvalue weighted by atomic mass is 9.98. The molecular formula is C21H20ClN3OS. The largest absolute Gasteiger partial charge is 0.305 e. The molecule has 0 aliphatic carbocycles. The third-order valence-corrected chi connectivity index (χ3v) is 6.00. The number of thiophene rings is 1. The zero-order chi connectivity index (χ0) is 19.6. The summed E-state index contributed by atoms with van der Waals surface area (Å²) < 4.78 is 0. The van der Waals surface area contributed by atoms with Crippen molar-refractivity contribution in [3.63, 3.8) is 0 Å². The van der Waals surface area contributed by atoms with E-state index in [1.807, 2.05) is 6.92 Å². The monoisotopic (exact) mass is 397 g/mol. The van der Waals surface area contributed by atoms with E-state index in [2.05, 4.69) is 29.9 Å². The van der Waals surface area contributed by atoms with E-state index < -0.39 is 0 Å². The number of nitrogens with zero attached hydrogens (tertiary/aromatic N) is 2. The molecule has 2 aromatic heterocycles. The topological polar surface area (TPSA) is 69.5 Å². The number of fused-ring (bicyclic) bond motifs is 1. The Morgan fingerprint density at radius 1 is 1.41 bits per heavy atom. The van der Waals surface area contributed by atoms with Crippen LogP contribution in [0.5, 0.6) is 0 Å². The van der Waals surface area contributed by atoms with Gasteiger partial charge in [0.05, 0.1) is 22.1 Å². The summed E-state index contributed by atoms with van der Waals surface area (Å²) in [5, 5.41) is 9.91. The molecule has 2 heterocycles. The lowest BCUT2D eigenvalue weighted by molar-refractivity contribution is 0.561. The van der Waals surface area contributed by atoms with Crippen LogP contribution in [0, 0.1) is 24.2 Å². The first-order chi connectivity index (χ1) is 12.9. The molecule has 138 valence electrons. The van der Waals surface area contributed by atoms with Crippen molar-refractivity contribution in [2.24, 2.45) is 5.92 Å². The summed E-state index contributed by atoms with van der Waals surface area (Å²) in [6.07, 6.45) is 3.67. The van der Waals surface area contributed by atoms with Crippen LogP contribution in [0.4, 0.5) is 0 Å². The van der Waals surface area contributed by atoms with Crippen molar-refractivity contribution < 1.29 is 0 Å². The van der Waals surface area contributed by atoms with Crippen molar-refractivity contribution in [1.29, 1.82) is 5.26 Å². The molecule has 1 aromatic carbocycles. The number of aryl methyl sites for hydroxylation is 1. The van der Waals surface area contributed by atoms with Crippen LogP contribution in [-0.4, -0.2) is 9.97 Å². The zero-order valence-electron chi connectivity index (χ0n) is 15.5. The number of aromatic amines is 1. The quantitative estimate of drug-likeness (QED) is 0.618. The minimum atomic E-state index is -0.149. The maximum absolute atomic E-state index is 12.7. The van der Waals surface area contributed by atoms with Gasteiger partial charge in [0.15, 0.2) is 5.82 Å². The Morgan fingerprint density at radius 3 is 2.74 bits per heavy atom. The Hall–Kier alpha value is -2.42. The highest BCUT2D eigenvalue weighted by atomic mass is 35.5. The second-order valence-corrected chi connectivity index (χ2v) is 8.29. The van der Waals surface area contributed by atoms with E-state index in [4.69, 9.17) is 16.9 Å². The second-order valence-electron chi connectivity index (χ2n) is 6.68. The van der Waals surface area contributed by atoms with Gasteiger partial charge >= 0.3 is 0 Å². The molecule has 0 spiro atoms. The van der Waals surface area contributed by atoms with E-state index in [1.165, 1.54) is 11.3 Å². The van der Waals surface area contributed by atoms with Crippen molar-refractivity contribution >= 4 is 44.3 Å². The molecule has 0 bridgehead atoms. The Balaban J connectivity index is 2.02. The van der Waals surface area contributed by atoms with E-state index in [9.17, 15) is 4.79 Å². The lowest BCUT2D eigenvalue weighted by Gasteiger charge is -2.08. The molecule has 0 saturated carbocycles. The van der Waals surface area contributed by atoms with Gasteiger partial charge in [-0.25, -0.2) is 4.98 Å². The van der Waals surface area contributed by atoms with E-state index in [-0.39, 0.29) is 5.56 Å². The molecule has 0 aliphatic heterocycles. The van der Waals surface area contributed by atoms with Gasteiger partial charge in [-0.3, -0.25) is 4.79 Å². The van der Waals surface area contributed by atoms with Gasteiger partial charge in [0.2, 0.25) is 0 Å². The molecule has 3 aromatic rings. The molecule has 0 saturated heterocycles.